The summed E-state index contributed by atoms with van der Waals surface area (Å²) in [6, 6.07) is 5.02. The van der Waals surface area contributed by atoms with Crippen molar-refractivity contribution in [3.63, 3.8) is 0 Å². The van der Waals surface area contributed by atoms with Gasteiger partial charge in [-0.15, -0.1) is 6.42 Å². The molecule has 2 heterocycles. The third-order valence-corrected chi connectivity index (χ3v) is 4.35. The highest BCUT2D eigenvalue weighted by atomic mass is 35.5. The molecule has 1 aliphatic heterocycles. The lowest BCUT2D eigenvalue weighted by molar-refractivity contribution is 0.102. The van der Waals surface area contributed by atoms with Crippen molar-refractivity contribution in [1.82, 2.24) is 4.98 Å². The van der Waals surface area contributed by atoms with E-state index in [9.17, 15) is 13.6 Å². The number of allylic oxidation sites excluding steroid dienone is 1. The lowest BCUT2D eigenvalue weighted by atomic mass is 9.90. The van der Waals surface area contributed by atoms with Crippen LogP contribution >= 0.6 is 11.6 Å². The number of terminal acetylenes is 1. The fourth-order valence-corrected chi connectivity index (χ4v) is 3.03. The zero-order valence-electron chi connectivity index (χ0n) is 15.2. The molecule has 6 nitrogen and oxygen atoms in total. The van der Waals surface area contributed by atoms with Gasteiger partial charge in [-0.05, 0) is 37.3 Å². The average Bonchev–Trinajstić information content (AvgIpc) is 2.68. The van der Waals surface area contributed by atoms with E-state index in [0.29, 0.717) is 0 Å². The van der Waals surface area contributed by atoms with Gasteiger partial charge in [0.2, 0.25) is 0 Å². The molecule has 0 fully saturated rings. The first-order valence-electron chi connectivity index (χ1n) is 8.30. The number of pyridine rings is 1. The van der Waals surface area contributed by atoms with Gasteiger partial charge in [0.05, 0.1) is 10.6 Å². The van der Waals surface area contributed by atoms with Crippen LogP contribution in [0.2, 0.25) is 5.02 Å². The van der Waals surface area contributed by atoms with Gasteiger partial charge in [0.25, 0.3) is 11.9 Å². The number of nitrogens with zero attached hydrogens (tertiary/aromatic N) is 2. The van der Waals surface area contributed by atoms with Crippen molar-refractivity contribution in [3.05, 3.63) is 70.0 Å². The number of amides is 1. The third kappa shape index (κ3) is 4.20. The van der Waals surface area contributed by atoms with Crippen molar-refractivity contribution in [1.29, 1.82) is 0 Å². The molecule has 1 aliphatic rings. The number of anilines is 1. The minimum atomic E-state index is -1.32. The largest absolute Gasteiger partial charge is 0.428 e. The predicted molar refractivity (Wildman–Crippen MR) is 106 cm³/mol. The van der Waals surface area contributed by atoms with Gasteiger partial charge in [0.15, 0.2) is 0 Å². The Morgan fingerprint density at radius 3 is 2.90 bits per heavy atom. The Balaban J connectivity index is 1.96. The lowest BCUT2D eigenvalue weighted by Crippen LogP contribution is -2.31. The molecule has 9 heteroatoms. The van der Waals surface area contributed by atoms with E-state index in [1.807, 2.05) is 0 Å². The fourth-order valence-electron chi connectivity index (χ4n) is 2.88. The van der Waals surface area contributed by atoms with Crippen LogP contribution in [0.5, 0.6) is 0 Å². The fraction of sp³-hybridized carbons (Fsp3) is 0.150. The standard InChI is InChI=1S/C20H15ClF2N4O2/c1-3-11-6-12(21)10-25-17(11)18(28)26-13-4-5-16(23)15(7-13)20(2)8-14(9-22)29-19(24)27-20/h1,4-8,10H,9H2,2H3,(H2,24,27)(H,26,28)/t20-/m0/s1. The molecule has 0 radical (unpaired) electrons. The smallest absolute Gasteiger partial charge is 0.288 e. The molecule has 1 aromatic carbocycles. The van der Waals surface area contributed by atoms with Gasteiger partial charge in [-0.3, -0.25) is 4.79 Å². The van der Waals surface area contributed by atoms with E-state index < -0.39 is 23.9 Å². The highest BCUT2D eigenvalue weighted by Crippen LogP contribution is 2.35. The van der Waals surface area contributed by atoms with E-state index in [1.54, 1.807) is 6.92 Å². The molecule has 29 heavy (non-hydrogen) atoms. The predicted octanol–water partition coefficient (Wildman–Crippen LogP) is 3.52. The highest BCUT2D eigenvalue weighted by molar-refractivity contribution is 6.30. The quantitative estimate of drug-likeness (QED) is 0.746. The van der Waals surface area contributed by atoms with E-state index in [1.165, 1.54) is 30.5 Å². The molecule has 148 valence electrons. The second-order valence-corrected chi connectivity index (χ2v) is 6.72. The Morgan fingerprint density at radius 2 is 2.21 bits per heavy atom. The summed E-state index contributed by atoms with van der Waals surface area (Å²) in [5, 5.41) is 2.89. The number of amidine groups is 1. The minimum Gasteiger partial charge on any atom is -0.428 e. The van der Waals surface area contributed by atoms with Crippen molar-refractivity contribution in [2.45, 2.75) is 12.5 Å². The molecule has 1 aromatic heterocycles. The lowest BCUT2D eigenvalue weighted by Gasteiger charge is -2.28. The van der Waals surface area contributed by atoms with Crippen LogP contribution < -0.4 is 11.1 Å². The maximum absolute atomic E-state index is 14.5. The van der Waals surface area contributed by atoms with Crippen LogP contribution in [0.25, 0.3) is 0 Å². The minimum absolute atomic E-state index is 0.0121. The number of rotatable bonds is 4. The van der Waals surface area contributed by atoms with Crippen LogP contribution in [0.15, 0.2) is 47.3 Å². The molecular weight excluding hydrogens is 402 g/mol. The van der Waals surface area contributed by atoms with Gasteiger partial charge in [-0.1, -0.05) is 17.5 Å². The van der Waals surface area contributed by atoms with Gasteiger partial charge in [0.1, 0.15) is 29.5 Å². The summed E-state index contributed by atoms with van der Waals surface area (Å²) in [7, 11) is 0. The van der Waals surface area contributed by atoms with Crippen LogP contribution in [0, 0.1) is 18.2 Å². The zero-order chi connectivity index (χ0) is 21.2. The van der Waals surface area contributed by atoms with Crippen molar-refractivity contribution >= 4 is 29.2 Å². The van der Waals surface area contributed by atoms with Crippen molar-refractivity contribution < 1.29 is 18.3 Å². The Bertz CT molecular complexity index is 1090. The van der Waals surface area contributed by atoms with Crippen LogP contribution in [-0.4, -0.2) is 23.6 Å². The van der Waals surface area contributed by atoms with Crippen molar-refractivity contribution in [2.75, 3.05) is 12.0 Å². The van der Waals surface area contributed by atoms with Gasteiger partial charge in [0, 0.05) is 17.4 Å². The summed E-state index contributed by atoms with van der Waals surface area (Å²) in [4.78, 5) is 20.6. The first kappa shape index (κ1) is 20.3. The number of nitrogens with two attached hydrogens (primary N) is 1. The highest BCUT2D eigenvalue weighted by Gasteiger charge is 2.32. The van der Waals surface area contributed by atoms with Crippen molar-refractivity contribution in [2.24, 2.45) is 10.7 Å². The van der Waals surface area contributed by atoms with Gasteiger partial charge >= 0.3 is 0 Å². The van der Waals surface area contributed by atoms with Crippen LogP contribution in [0.1, 0.15) is 28.5 Å². The second-order valence-electron chi connectivity index (χ2n) is 6.29. The maximum Gasteiger partial charge on any atom is 0.288 e. The number of nitrogens with one attached hydrogen (secondary N) is 1. The molecule has 3 N–H and O–H groups in total. The molecule has 0 bridgehead atoms. The van der Waals surface area contributed by atoms with E-state index >= 15 is 0 Å². The number of carbonyl (C=O) groups excluding carboxylic acids is 1. The molecule has 3 rings (SSSR count). The average molecular weight is 417 g/mol. The molecule has 2 aromatic rings. The Hall–Kier alpha value is -3.44. The van der Waals surface area contributed by atoms with Crippen LogP contribution in [-0.2, 0) is 10.3 Å². The molecule has 1 atom stereocenters. The summed E-state index contributed by atoms with van der Waals surface area (Å²) in [6.07, 6.45) is 8.01. The van der Waals surface area contributed by atoms with Crippen LogP contribution in [0.3, 0.4) is 0 Å². The van der Waals surface area contributed by atoms with Gasteiger partial charge in [-0.25, -0.2) is 18.8 Å². The zero-order valence-corrected chi connectivity index (χ0v) is 15.9. The normalized spacial score (nSPS) is 18.2. The van der Waals surface area contributed by atoms with E-state index in [-0.39, 0.29) is 39.3 Å². The number of aliphatic imine (C=N–C) groups is 1. The van der Waals surface area contributed by atoms with Crippen LogP contribution in [0.4, 0.5) is 14.5 Å². The number of halogens is 3. The van der Waals surface area contributed by atoms with Gasteiger partial charge in [-0.2, -0.15) is 0 Å². The Kier molecular flexibility index (Phi) is 5.52. The van der Waals surface area contributed by atoms with Crippen molar-refractivity contribution in [3.8, 4) is 12.3 Å². The second kappa shape index (κ2) is 7.89. The number of hydrogen-bond acceptors (Lipinski definition) is 5. The van der Waals surface area contributed by atoms with E-state index in [4.69, 9.17) is 28.5 Å². The Morgan fingerprint density at radius 1 is 1.45 bits per heavy atom. The number of benzene rings is 1. The summed E-state index contributed by atoms with van der Waals surface area (Å²) in [5.41, 5.74) is 4.78. The number of hydrogen-bond donors (Lipinski definition) is 2. The topological polar surface area (TPSA) is 89.6 Å². The number of carbonyl (C=O) groups is 1. The number of alkyl halides is 1. The monoisotopic (exact) mass is 416 g/mol. The first-order chi connectivity index (χ1) is 13.8. The third-order valence-electron chi connectivity index (χ3n) is 4.15. The van der Waals surface area contributed by atoms with Gasteiger partial charge < -0.3 is 15.8 Å². The molecule has 0 saturated heterocycles. The molecule has 0 unspecified atom stereocenters. The molecular formula is C20H15ClF2N4O2. The van der Waals surface area contributed by atoms with E-state index in [2.05, 4.69) is 21.2 Å². The Labute approximate surface area is 170 Å². The number of ether oxygens (including phenoxy) is 1. The molecule has 0 saturated carbocycles. The molecule has 1 amide bonds. The summed E-state index contributed by atoms with van der Waals surface area (Å²) < 4.78 is 32.6. The molecule has 0 spiro atoms. The molecule has 0 aliphatic carbocycles. The first-order valence-corrected chi connectivity index (χ1v) is 8.68. The summed E-state index contributed by atoms with van der Waals surface area (Å²) in [6.45, 7) is 0.611. The van der Waals surface area contributed by atoms with E-state index in [0.717, 1.165) is 6.07 Å². The number of aromatic nitrogens is 1. The summed E-state index contributed by atoms with van der Waals surface area (Å²) >= 11 is 5.84. The maximum atomic E-state index is 14.5. The summed E-state index contributed by atoms with van der Waals surface area (Å²) in [5.74, 6) is 1.03. The SMILES string of the molecule is C#Cc1cc(Cl)cnc1C(=O)Nc1ccc(F)c([C@]2(C)C=C(CF)OC(N)=N2)c1.